The van der Waals surface area contributed by atoms with E-state index in [1.165, 1.54) is 24.3 Å². The summed E-state index contributed by atoms with van der Waals surface area (Å²) >= 11 is 0. The van der Waals surface area contributed by atoms with Crippen molar-refractivity contribution in [2.45, 2.75) is 36.3 Å². The van der Waals surface area contributed by atoms with Crippen molar-refractivity contribution in [2.24, 2.45) is 0 Å². The molecule has 1 fully saturated rings. The third kappa shape index (κ3) is 4.28. The summed E-state index contributed by atoms with van der Waals surface area (Å²) in [7, 11) is -7.14. The molecule has 0 aliphatic carbocycles. The summed E-state index contributed by atoms with van der Waals surface area (Å²) in [5.74, 6) is -0.687. The number of rotatable bonds is 5. The second-order valence-corrected chi connectivity index (χ2v) is 11.8. The minimum absolute atomic E-state index is 0.0283. The zero-order valence-electron chi connectivity index (χ0n) is 15.8. The number of hydrogen-bond acceptors (Lipinski definition) is 5. The standard InChI is InChI=1S/C20H23NO5S2/c1-14(2)18-8-3-4-9-19(18)21-20(22)15-6-5-7-16(12-15)28(25,26)17-10-11-27(23,24)13-17/h3-9,12,14,17H,10-11,13H2,1-2H3,(H,21,22)/t17-/m1/s1. The normalized spacial score (nSPS) is 18.9. The molecule has 0 radical (unpaired) electrons. The molecule has 0 unspecified atom stereocenters. The Labute approximate surface area is 165 Å². The first kappa shape index (κ1) is 20.5. The second kappa shape index (κ2) is 7.67. The van der Waals surface area contributed by atoms with Gasteiger partial charge in [-0.2, -0.15) is 0 Å². The highest BCUT2D eigenvalue weighted by Gasteiger charge is 2.38. The minimum atomic E-state index is -3.82. The van der Waals surface area contributed by atoms with E-state index in [9.17, 15) is 21.6 Å². The second-order valence-electron chi connectivity index (χ2n) is 7.29. The smallest absolute Gasteiger partial charge is 0.255 e. The zero-order chi connectivity index (χ0) is 20.5. The first-order valence-corrected chi connectivity index (χ1v) is 12.4. The lowest BCUT2D eigenvalue weighted by molar-refractivity contribution is 0.102. The van der Waals surface area contributed by atoms with Crippen LogP contribution in [0, 0.1) is 0 Å². The van der Waals surface area contributed by atoms with Crippen molar-refractivity contribution in [1.29, 1.82) is 0 Å². The average molecular weight is 422 g/mol. The number of para-hydroxylation sites is 1. The molecule has 1 amide bonds. The van der Waals surface area contributed by atoms with E-state index < -0.39 is 30.8 Å². The maximum absolute atomic E-state index is 12.8. The SMILES string of the molecule is CC(C)c1ccccc1NC(=O)c1cccc(S(=O)(=O)[C@@H]2CCS(=O)(=O)C2)c1. The van der Waals surface area contributed by atoms with E-state index in [-0.39, 0.29) is 34.3 Å². The quantitative estimate of drug-likeness (QED) is 0.800. The van der Waals surface area contributed by atoms with Crippen LogP contribution < -0.4 is 5.32 Å². The summed E-state index contributed by atoms with van der Waals surface area (Å²) in [6.45, 7) is 4.04. The van der Waals surface area contributed by atoms with Gasteiger partial charge in [-0.1, -0.05) is 38.1 Å². The van der Waals surface area contributed by atoms with Gasteiger partial charge in [-0.3, -0.25) is 4.79 Å². The first-order chi connectivity index (χ1) is 13.1. The van der Waals surface area contributed by atoms with Crippen LogP contribution in [0.25, 0.3) is 0 Å². The first-order valence-electron chi connectivity index (χ1n) is 9.05. The lowest BCUT2D eigenvalue weighted by Crippen LogP contribution is -2.23. The molecule has 1 heterocycles. The highest BCUT2D eigenvalue weighted by molar-refractivity contribution is 7.96. The summed E-state index contributed by atoms with van der Waals surface area (Å²) in [6.07, 6.45) is 0.0862. The summed E-state index contributed by atoms with van der Waals surface area (Å²) in [4.78, 5) is 12.7. The molecule has 150 valence electrons. The number of anilines is 1. The van der Waals surface area contributed by atoms with Crippen LogP contribution in [0.5, 0.6) is 0 Å². The highest BCUT2D eigenvalue weighted by atomic mass is 32.2. The molecule has 0 aromatic heterocycles. The molecule has 1 N–H and O–H groups in total. The molecule has 2 aromatic carbocycles. The van der Waals surface area contributed by atoms with Gasteiger partial charge in [0.25, 0.3) is 5.91 Å². The van der Waals surface area contributed by atoms with Gasteiger partial charge in [-0.05, 0) is 42.2 Å². The fraction of sp³-hybridized carbons (Fsp3) is 0.350. The molecule has 2 aromatic rings. The molecule has 0 spiro atoms. The molecule has 0 bridgehead atoms. The van der Waals surface area contributed by atoms with Gasteiger partial charge in [0.15, 0.2) is 19.7 Å². The summed E-state index contributed by atoms with van der Waals surface area (Å²) in [6, 6.07) is 13.2. The van der Waals surface area contributed by atoms with E-state index in [0.717, 1.165) is 5.56 Å². The average Bonchev–Trinajstić information content (AvgIpc) is 3.02. The molecule has 1 atom stereocenters. The van der Waals surface area contributed by atoms with Crippen LogP contribution in [0.15, 0.2) is 53.4 Å². The Morgan fingerprint density at radius 2 is 1.82 bits per heavy atom. The van der Waals surface area contributed by atoms with E-state index in [0.29, 0.717) is 5.69 Å². The van der Waals surface area contributed by atoms with Crippen molar-refractivity contribution < 1.29 is 21.6 Å². The van der Waals surface area contributed by atoms with Gasteiger partial charge in [0.2, 0.25) is 0 Å². The van der Waals surface area contributed by atoms with Crippen molar-refractivity contribution in [1.82, 2.24) is 0 Å². The Hall–Kier alpha value is -2.19. The van der Waals surface area contributed by atoms with Crippen molar-refractivity contribution in [3.8, 4) is 0 Å². The van der Waals surface area contributed by atoms with Crippen LogP contribution in [-0.2, 0) is 19.7 Å². The van der Waals surface area contributed by atoms with Gasteiger partial charge >= 0.3 is 0 Å². The molecule has 0 saturated carbocycles. The van der Waals surface area contributed by atoms with Crippen LogP contribution in [0.3, 0.4) is 0 Å². The Balaban J connectivity index is 1.87. The third-order valence-corrected chi connectivity index (χ3v) is 9.06. The predicted octanol–water partition coefficient (Wildman–Crippen LogP) is 3.02. The number of carbonyl (C=O) groups is 1. The van der Waals surface area contributed by atoms with Crippen molar-refractivity contribution >= 4 is 31.3 Å². The van der Waals surface area contributed by atoms with Crippen molar-refractivity contribution in [3.63, 3.8) is 0 Å². The molecule has 6 nitrogen and oxygen atoms in total. The number of sulfone groups is 2. The Bertz CT molecular complexity index is 1100. The molecular weight excluding hydrogens is 398 g/mol. The van der Waals surface area contributed by atoms with Gasteiger partial charge < -0.3 is 5.32 Å². The zero-order valence-corrected chi connectivity index (χ0v) is 17.4. The van der Waals surface area contributed by atoms with Gasteiger partial charge in [-0.15, -0.1) is 0 Å². The molecule has 1 aliphatic rings. The summed E-state index contributed by atoms with van der Waals surface area (Å²) in [5.41, 5.74) is 1.87. The monoisotopic (exact) mass is 421 g/mol. The lowest BCUT2D eigenvalue weighted by Gasteiger charge is -2.14. The van der Waals surface area contributed by atoms with Gasteiger partial charge in [0, 0.05) is 11.3 Å². The van der Waals surface area contributed by atoms with Crippen molar-refractivity contribution in [2.75, 3.05) is 16.8 Å². The van der Waals surface area contributed by atoms with Crippen LogP contribution in [0.2, 0.25) is 0 Å². The van der Waals surface area contributed by atoms with E-state index in [1.54, 1.807) is 6.07 Å². The van der Waals surface area contributed by atoms with Gasteiger partial charge in [-0.25, -0.2) is 16.8 Å². The molecule has 8 heteroatoms. The fourth-order valence-corrected chi connectivity index (χ4v) is 7.72. The maximum atomic E-state index is 12.8. The van der Waals surface area contributed by atoms with Gasteiger partial charge in [0.05, 0.1) is 21.7 Å². The Morgan fingerprint density at radius 3 is 2.46 bits per heavy atom. The maximum Gasteiger partial charge on any atom is 0.255 e. The molecule has 3 rings (SSSR count). The number of nitrogens with one attached hydrogen (secondary N) is 1. The largest absolute Gasteiger partial charge is 0.322 e. The molecule has 1 saturated heterocycles. The number of amides is 1. The van der Waals surface area contributed by atoms with Crippen LogP contribution in [0.1, 0.15) is 42.1 Å². The fourth-order valence-electron chi connectivity index (χ4n) is 3.32. The van der Waals surface area contributed by atoms with Crippen LogP contribution in [0.4, 0.5) is 5.69 Å². The number of benzene rings is 2. The van der Waals surface area contributed by atoms with E-state index in [2.05, 4.69) is 5.32 Å². The topological polar surface area (TPSA) is 97.4 Å². The molecule has 28 heavy (non-hydrogen) atoms. The highest BCUT2D eigenvalue weighted by Crippen LogP contribution is 2.27. The Kier molecular flexibility index (Phi) is 5.63. The predicted molar refractivity (Wildman–Crippen MR) is 109 cm³/mol. The van der Waals surface area contributed by atoms with Crippen LogP contribution in [-0.4, -0.2) is 39.5 Å². The van der Waals surface area contributed by atoms with Crippen LogP contribution >= 0.6 is 0 Å². The minimum Gasteiger partial charge on any atom is -0.322 e. The third-order valence-electron chi connectivity index (χ3n) is 4.89. The number of carbonyl (C=O) groups excluding carboxylic acids is 1. The molecular formula is C20H23NO5S2. The Morgan fingerprint density at radius 1 is 1.11 bits per heavy atom. The van der Waals surface area contributed by atoms with Crippen molar-refractivity contribution in [3.05, 3.63) is 59.7 Å². The van der Waals surface area contributed by atoms with E-state index >= 15 is 0 Å². The summed E-state index contributed by atoms with van der Waals surface area (Å²) in [5, 5.41) is 1.88. The van der Waals surface area contributed by atoms with Gasteiger partial charge in [0.1, 0.15) is 0 Å². The van der Waals surface area contributed by atoms with E-state index in [4.69, 9.17) is 0 Å². The lowest BCUT2D eigenvalue weighted by atomic mass is 10.0. The number of hydrogen-bond donors (Lipinski definition) is 1. The summed E-state index contributed by atoms with van der Waals surface area (Å²) < 4.78 is 48.9. The van der Waals surface area contributed by atoms with E-state index in [1.807, 2.05) is 32.0 Å². The molecule has 1 aliphatic heterocycles.